The molecule has 0 aliphatic rings. The fourth-order valence-electron chi connectivity index (χ4n) is 2.18. The number of anilines is 1. The molecular formula is C18H21N. The molecule has 98 valence electrons. The van der Waals surface area contributed by atoms with Gasteiger partial charge < -0.3 is 5.32 Å². The zero-order valence-electron chi connectivity index (χ0n) is 12.2. The van der Waals surface area contributed by atoms with Crippen molar-refractivity contribution in [2.24, 2.45) is 0 Å². The van der Waals surface area contributed by atoms with Gasteiger partial charge in [0.1, 0.15) is 0 Å². The summed E-state index contributed by atoms with van der Waals surface area (Å²) < 4.78 is 0. The van der Waals surface area contributed by atoms with Gasteiger partial charge in [-0.05, 0) is 56.5 Å². The van der Waals surface area contributed by atoms with Crippen molar-refractivity contribution in [2.45, 2.75) is 27.7 Å². The lowest BCUT2D eigenvalue weighted by molar-refractivity contribution is 1.32. The molecule has 0 saturated carbocycles. The first-order valence-corrected chi connectivity index (χ1v) is 6.59. The SMILES string of the molecule is C=C(Nc1cccc(C)c1C)c1cc(C)ccc1C. The molecule has 2 aromatic carbocycles. The topological polar surface area (TPSA) is 12.0 Å². The molecule has 1 nitrogen and oxygen atoms in total. The first-order valence-electron chi connectivity index (χ1n) is 6.59. The van der Waals surface area contributed by atoms with Crippen LogP contribution in [0.3, 0.4) is 0 Å². The second-order valence-corrected chi connectivity index (χ2v) is 5.17. The second kappa shape index (κ2) is 5.31. The van der Waals surface area contributed by atoms with Crippen LogP contribution in [0.15, 0.2) is 43.0 Å². The molecule has 0 aliphatic heterocycles. The molecule has 0 saturated heterocycles. The van der Waals surface area contributed by atoms with E-state index in [0.717, 1.165) is 11.4 Å². The van der Waals surface area contributed by atoms with Crippen molar-refractivity contribution < 1.29 is 0 Å². The number of benzene rings is 2. The predicted molar refractivity (Wildman–Crippen MR) is 84.5 cm³/mol. The molecule has 1 N–H and O–H groups in total. The Balaban J connectivity index is 2.31. The smallest absolute Gasteiger partial charge is 0.0416 e. The third-order valence-electron chi connectivity index (χ3n) is 3.61. The minimum atomic E-state index is 0.954. The van der Waals surface area contributed by atoms with Gasteiger partial charge in [-0.3, -0.25) is 0 Å². The average Bonchev–Trinajstić information content (AvgIpc) is 2.38. The van der Waals surface area contributed by atoms with Gasteiger partial charge in [0.05, 0.1) is 0 Å². The van der Waals surface area contributed by atoms with Gasteiger partial charge in [-0.1, -0.05) is 36.4 Å². The monoisotopic (exact) mass is 251 g/mol. The van der Waals surface area contributed by atoms with Crippen LogP contribution in [0.25, 0.3) is 5.70 Å². The van der Waals surface area contributed by atoms with Gasteiger partial charge in [0, 0.05) is 16.9 Å². The summed E-state index contributed by atoms with van der Waals surface area (Å²) in [4.78, 5) is 0. The Labute approximate surface area is 116 Å². The molecule has 0 spiro atoms. The Morgan fingerprint density at radius 2 is 1.68 bits per heavy atom. The lowest BCUT2D eigenvalue weighted by Crippen LogP contribution is -2.02. The highest BCUT2D eigenvalue weighted by Crippen LogP contribution is 2.24. The largest absolute Gasteiger partial charge is 0.355 e. The van der Waals surface area contributed by atoms with E-state index in [4.69, 9.17) is 0 Å². The first kappa shape index (κ1) is 13.4. The van der Waals surface area contributed by atoms with E-state index in [1.54, 1.807) is 0 Å². The Kier molecular flexibility index (Phi) is 3.75. The maximum Gasteiger partial charge on any atom is 0.0416 e. The molecule has 0 aromatic heterocycles. The average molecular weight is 251 g/mol. The van der Waals surface area contributed by atoms with Crippen LogP contribution in [-0.4, -0.2) is 0 Å². The maximum atomic E-state index is 4.18. The minimum Gasteiger partial charge on any atom is -0.355 e. The van der Waals surface area contributed by atoms with E-state index in [1.807, 2.05) is 0 Å². The highest BCUT2D eigenvalue weighted by atomic mass is 14.9. The summed E-state index contributed by atoms with van der Waals surface area (Å²) in [5, 5.41) is 3.44. The highest BCUT2D eigenvalue weighted by molar-refractivity contribution is 5.78. The molecule has 0 atom stereocenters. The molecule has 0 heterocycles. The van der Waals surface area contributed by atoms with Crippen molar-refractivity contribution in [1.29, 1.82) is 0 Å². The summed E-state index contributed by atoms with van der Waals surface area (Å²) in [7, 11) is 0. The summed E-state index contributed by atoms with van der Waals surface area (Å²) in [6, 6.07) is 12.7. The van der Waals surface area contributed by atoms with E-state index in [0.29, 0.717) is 0 Å². The van der Waals surface area contributed by atoms with Gasteiger partial charge in [0.25, 0.3) is 0 Å². The van der Waals surface area contributed by atoms with Crippen LogP contribution in [-0.2, 0) is 0 Å². The molecule has 0 fully saturated rings. The van der Waals surface area contributed by atoms with Gasteiger partial charge >= 0.3 is 0 Å². The summed E-state index contributed by atoms with van der Waals surface area (Å²) in [5.74, 6) is 0. The molecule has 19 heavy (non-hydrogen) atoms. The van der Waals surface area contributed by atoms with Crippen molar-refractivity contribution in [3.63, 3.8) is 0 Å². The lowest BCUT2D eigenvalue weighted by atomic mass is 10.0. The Morgan fingerprint density at radius 3 is 2.42 bits per heavy atom. The van der Waals surface area contributed by atoms with Crippen LogP contribution in [0.4, 0.5) is 5.69 Å². The fraction of sp³-hybridized carbons (Fsp3) is 0.222. The fourth-order valence-corrected chi connectivity index (χ4v) is 2.18. The van der Waals surface area contributed by atoms with E-state index in [1.165, 1.54) is 27.8 Å². The summed E-state index contributed by atoms with van der Waals surface area (Å²) >= 11 is 0. The van der Waals surface area contributed by atoms with Crippen LogP contribution in [0.2, 0.25) is 0 Å². The molecular weight excluding hydrogens is 230 g/mol. The zero-order valence-corrected chi connectivity index (χ0v) is 12.2. The van der Waals surface area contributed by atoms with Gasteiger partial charge in [-0.15, -0.1) is 0 Å². The van der Waals surface area contributed by atoms with Gasteiger partial charge in [0.2, 0.25) is 0 Å². The van der Waals surface area contributed by atoms with E-state index in [2.05, 4.69) is 76.0 Å². The molecule has 0 unspecified atom stereocenters. The quantitative estimate of drug-likeness (QED) is 0.809. The number of nitrogens with one attached hydrogen (secondary N) is 1. The van der Waals surface area contributed by atoms with Crippen LogP contribution >= 0.6 is 0 Å². The second-order valence-electron chi connectivity index (χ2n) is 5.17. The van der Waals surface area contributed by atoms with Gasteiger partial charge in [-0.2, -0.15) is 0 Å². The van der Waals surface area contributed by atoms with E-state index < -0.39 is 0 Å². The zero-order chi connectivity index (χ0) is 14.0. The van der Waals surface area contributed by atoms with Gasteiger partial charge in [-0.25, -0.2) is 0 Å². The maximum absolute atomic E-state index is 4.18. The Hall–Kier alpha value is -2.02. The number of hydrogen-bond donors (Lipinski definition) is 1. The summed E-state index contributed by atoms with van der Waals surface area (Å²) in [6.07, 6.45) is 0. The summed E-state index contributed by atoms with van der Waals surface area (Å²) in [5.41, 5.74) is 8.33. The van der Waals surface area contributed by atoms with Crippen LogP contribution in [0.1, 0.15) is 27.8 Å². The van der Waals surface area contributed by atoms with Crippen LogP contribution < -0.4 is 5.32 Å². The van der Waals surface area contributed by atoms with Crippen molar-refractivity contribution >= 4 is 11.4 Å². The Morgan fingerprint density at radius 1 is 0.947 bits per heavy atom. The Bertz CT molecular complexity index is 624. The predicted octanol–water partition coefficient (Wildman–Crippen LogP) is 5.00. The third kappa shape index (κ3) is 2.87. The highest BCUT2D eigenvalue weighted by Gasteiger charge is 2.06. The molecule has 0 bridgehead atoms. The molecule has 0 aliphatic carbocycles. The normalized spacial score (nSPS) is 10.3. The van der Waals surface area contributed by atoms with Crippen LogP contribution in [0.5, 0.6) is 0 Å². The lowest BCUT2D eigenvalue weighted by Gasteiger charge is -2.15. The molecule has 0 radical (unpaired) electrons. The molecule has 1 heteroatoms. The van der Waals surface area contributed by atoms with E-state index in [9.17, 15) is 0 Å². The number of aryl methyl sites for hydroxylation is 3. The third-order valence-corrected chi connectivity index (χ3v) is 3.61. The van der Waals surface area contributed by atoms with Gasteiger partial charge in [0.15, 0.2) is 0 Å². The number of rotatable bonds is 3. The molecule has 2 aromatic rings. The minimum absolute atomic E-state index is 0.954. The van der Waals surface area contributed by atoms with Crippen molar-refractivity contribution in [2.75, 3.05) is 5.32 Å². The van der Waals surface area contributed by atoms with E-state index >= 15 is 0 Å². The molecule has 2 rings (SSSR count). The van der Waals surface area contributed by atoms with E-state index in [-0.39, 0.29) is 0 Å². The number of hydrogen-bond acceptors (Lipinski definition) is 1. The standard InChI is InChI=1S/C18H21N/c1-12-9-10-14(3)17(11-12)16(5)19-18-8-6-7-13(2)15(18)4/h6-11,19H,5H2,1-4H3. The first-order chi connectivity index (χ1) is 8.99. The summed E-state index contributed by atoms with van der Waals surface area (Å²) in [6.45, 7) is 12.7. The van der Waals surface area contributed by atoms with Crippen LogP contribution in [0, 0.1) is 27.7 Å². The van der Waals surface area contributed by atoms with Crippen molar-refractivity contribution in [3.05, 3.63) is 70.8 Å². The molecule has 0 amide bonds. The van der Waals surface area contributed by atoms with Crippen molar-refractivity contribution in [1.82, 2.24) is 0 Å². The van der Waals surface area contributed by atoms with Crippen molar-refractivity contribution in [3.8, 4) is 0 Å².